The number of aliphatic hydroxyl groups is 1. The highest BCUT2D eigenvalue weighted by Gasteiger charge is 2.49. The summed E-state index contributed by atoms with van der Waals surface area (Å²) < 4.78 is 69.6. The van der Waals surface area contributed by atoms with Crippen LogP contribution in [0, 0.1) is 24.0 Å². The van der Waals surface area contributed by atoms with E-state index in [1.165, 1.54) is 4.90 Å². The van der Waals surface area contributed by atoms with Crippen molar-refractivity contribution in [2.24, 2.45) is 5.41 Å². The number of rotatable bonds is 21. The molecule has 2 fully saturated rings. The van der Waals surface area contributed by atoms with E-state index in [2.05, 4.69) is 20.6 Å². The zero-order valence-corrected chi connectivity index (χ0v) is 41.1. The van der Waals surface area contributed by atoms with Crippen molar-refractivity contribution < 1.29 is 51.6 Å². The summed E-state index contributed by atoms with van der Waals surface area (Å²) in [6.45, 7) is 10.1. The van der Waals surface area contributed by atoms with Gasteiger partial charge in [-0.1, -0.05) is 63.2 Å². The first-order valence-corrected chi connectivity index (χ1v) is 24.8. The monoisotopic (exact) mass is 988 g/mol. The normalized spacial score (nSPS) is 20.3. The number of aryl methyl sites for hydroxylation is 1. The molecule has 18 heteroatoms. The Bertz CT molecular complexity index is 2610. The number of aromatic amines is 1. The predicted molar refractivity (Wildman–Crippen MR) is 259 cm³/mol. The second-order valence-electron chi connectivity index (χ2n) is 19.7. The van der Waals surface area contributed by atoms with Gasteiger partial charge in [0.2, 0.25) is 17.7 Å². The van der Waals surface area contributed by atoms with E-state index in [1.807, 2.05) is 67.3 Å². The third-order valence-corrected chi connectivity index (χ3v) is 14.3. The minimum atomic E-state index is -1.36. The SMILES string of the molecule is Cc1ncsc1-c1ccc(CNC(=O)C2C[C@@H](O)CN2C(=O)[C@@H](NC(=O)COCCOCCOCCOc2cc(F)c([C@@H]3c4[nH]c5ccccc5c4C[C@@H](C)N3CC3(F)CC3)c(F)c2)C(C)(C)C)cc1. The van der Waals surface area contributed by atoms with Crippen LogP contribution in [0.4, 0.5) is 13.2 Å². The molecule has 0 spiro atoms. The first kappa shape index (κ1) is 51.0. The number of nitrogens with one attached hydrogen (secondary N) is 3. The maximum atomic E-state index is 16.0. The molecule has 376 valence electrons. The maximum absolute atomic E-state index is 16.0. The van der Waals surface area contributed by atoms with Crippen LogP contribution in [0.15, 0.2) is 66.2 Å². The molecule has 3 aliphatic rings. The van der Waals surface area contributed by atoms with E-state index in [4.69, 9.17) is 18.9 Å². The summed E-state index contributed by atoms with van der Waals surface area (Å²) in [4.78, 5) is 52.4. The number of H-pyrrole nitrogens is 1. The van der Waals surface area contributed by atoms with E-state index in [-0.39, 0.29) is 89.7 Å². The fraction of sp³-hybridized carbons (Fsp3) is 0.500. The Kier molecular flexibility index (Phi) is 16.0. The molecule has 5 atom stereocenters. The van der Waals surface area contributed by atoms with Gasteiger partial charge in [0, 0.05) is 66.4 Å². The van der Waals surface area contributed by atoms with Crippen molar-refractivity contribution in [1.82, 2.24) is 30.4 Å². The molecule has 5 aromatic rings. The first-order valence-electron chi connectivity index (χ1n) is 23.9. The Morgan fingerprint density at radius 2 is 1.64 bits per heavy atom. The summed E-state index contributed by atoms with van der Waals surface area (Å²) >= 11 is 1.56. The summed E-state index contributed by atoms with van der Waals surface area (Å²) in [6.07, 6.45) is 0.666. The number of thiazole rings is 1. The summed E-state index contributed by atoms with van der Waals surface area (Å²) in [5, 5.41) is 17.2. The number of alkyl halides is 1. The third-order valence-electron chi connectivity index (χ3n) is 13.3. The summed E-state index contributed by atoms with van der Waals surface area (Å²) in [5.74, 6) is -2.95. The average molecular weight is 989 g/mol. The predicted octanol–water partition coefficient (Wildman–Crippen LogP) is 6.95. The molecule has 2 aromatic heterocycles. The number of ether oxygens (including phenoxy) is 4. The molecule has 0 radical (unpaired) electrons. The molecular formula is C52H63F3N6O8S. The molecule has 2 aliphatic heterocycles. The number of halogens is 3. The van der Waals surface area contributed by atoms with E-state index in [9.17, 15) is 19.5 Å². The van der Waals surface area contributed by atoms with Crippen molar-refractivity contribution >= 4 is 40.0 Å². The highest BCUT2D eigenvalue weighted by molar-refractivity contribution is 7.13. The number of hydrogen-bond acceptors (Lipinski definition) is 11. The number of amides is 3. The van der Waals surface area contributed by atoms with Crippen molar-refractivity contribution in [2.75, 3.05) is 59.3 Å². The third kappa shape index (κ3) is 12.0. The molecule has 70 heavy (non-hydrogen) atoms. The van der Waals surface area contributed by atoms with Crippen LogP contribution in [-0.2, 0) is 41.6 Å². The van der Waals surface area contributed by atoms with Gasteiger partial charge in [-0.2, -0.15) is 0 Å². The van der Waals surface area contributed by atoms with E-state index < -0.39 is 64.7 Å². The lowest BCUT2D eigenvalue weighted by Gasteiger charge is -2.41. The number of benzene rings is 3. The number of aromatic nitrogens is 2. The molecule has 14 nitrogen and oxygen atoms in total. The fourth-order valence-electron chi connectivity index (χ4n) is 9.40. The van der Waals surface area contributed by atoms with Gasteiger partial charge in [-0.25, -0.2) is 18.2 Å². The molecule has 1 unspecified atom stereocenters. The topological polar surface area (TPSA) is 168 Å². The van der Waals surface area contributed by atoms with Gasteiger partial charge in [0.1, 0.15) is 48.4 Å². The number of fused-ring (bicyclic) bond motifs is 3. The number of carbonyl (C=O) groups excluding carboxylic acids is 3. The van der Waals surface area contributed by atoms with Crippen LogP contribution in [0.3, 0.4) is 0 Å². The van der Waals surface area contributed by atoms with Crippen LogP contribution in [0.5, 0.6) is 5.75 Å². The van der Waals surface area contributed by atoms with Gasteiger partial charge in [0.15, 0.2) is 0 Å². The molecule has 4 N–H and O–H groups in total. The highest BCUT2D eigenvalue weighted by atomic mass is 32.1. The average Bonchev–Trinajstić information content (AvgIpc) is 3.57. The van der Waals surface area contributed by atoms with Crippen LogP contribution in [0.2, 0.25) is 0 Å². The Hall–Kier alpha value is -5.37. The molecule has 0 bridgehead atoms. The molecule has 4 heterocycles. The van der Waals surface area contributed by atoms with Crippen LogP contribution in [-0.4, -0.2) is 132 Å². The lowest BCUT2D eigenvalue weighted by Crippen LogP contribution is -2.58. The van der Waals surface area contributed by atoms with Crippen molar-refractivity contribution in [3.05, 3.63) is 106 Å². The number of carbonyl (C=O) groups is 3. The zero-order chi connectivity index (χ0) is 49.7. The molecule has 1 saturated carbocycles. The standard InChI is InChI=1S/C52H63F3N6O8S/c1-31-22-38-37-8-6-7-9-41(37)58-45(38)46(61(31)29-52(55)14-15-52)44-39(53)24-36(25-40(44)54)69-21-20-67-17-16-66-18-19-68-28-43(63)59-48(51(3,4)5)50(65)60-27-35(62)23-42(60)49(64)56-26-33-10-12-34(13-11-33)47-32(2)57-30-70-47/h6-13,24-25,30-31,35,42,46,48,58,62H,14-23,26-29H2,1-5H3,(H,56,64)(H,59,63)/t31-,35-,42?,46-,48-/m1/s1. The number of aliphatic hydroxyl groups excluding tert-OH is 1. The number of β-amino-alcohol motifs (C(OH)–C–C–N with tert-alkyl or cyclic N) is 1. The number of hydrogen-bond donors (Lipinski definition) is 4. The molecule has 8 rings (SSSR count). The lowest BCUT2D eigenvalue weighted by molar-refractivity contribution is -0.144. The van der Waals surface area contributed by atoms with Gasteiger partial charge in [0.05, 0.1) is 61.3 Å². The van der Waals surface area contributed by atoms with Crippen molar-refractivity contribution in [2.45, 2.75) is 103 Å². The molecule has 1 aliphatic carbocycles. The highest BCUT2D eigenvalue weighted by Crippen LogP contribution is 2.48. The molecule has 3 amide bonds. The first-order chi connectivity index (χ1) is 33.5. The van der Waals surface area contributed by atoms with E-state index in [1.54, 1.807) is 37.6 Å². The maximum Gasteiger partial charge on any atom is 0.246 e. The van der Waals surface area contributed by atoms with Gasteiger partial charge in [-0.15, -0.1) is 11.3 Å². The summed E-state index contributed by atoms with van der Waals surface area (Å²) in [7, 11) is 0. The van der Waals surface area contributed by atoms with Gasteiger partial charge in [0.25, 0.3) is 0 Å². The summed E-state index contributed by atoms with van der Waals surface area (Å²) in [5.41, 5.74) is 4.95. The Labute approximate surface area is 410 Å². The number of nitrogens with zero attached hydrogens (tertiary/aromatic N) is 3. The smallest absolute Gasteiger partial charge is 0.246 e. The van der Waals surface area contributed by atoms with Gasteiger partial charge < -0.3 is 44.6 Å². The molecule has 1 saturated heterocycles. The Balaban J connectivity index is 0.736. The quantitative estimate of drug-likeness (QED) is 0.0565. The van der Waals surface area contributed by atoms with Gasteiger partial charge >= 0.3 is 0 Å². The number of likely N-dealkylation sites (tertiary alicyclic amines) is 1. The van der Waals surface area contributed by atoms with Crippen LogP contribution < -0.4 is 15.4 Å². The second-order valence-corrected chi connectivity index (χ2v) is 20.6. The molecular weight excluding hydrogens is 926 g/mol. The van der Waals surface area contributed by atoms with Gasteiger partial charge in [-0.05, 0) is 61.3 Å². The minimum Gasteiger partial charge on any atom is -0.491 e. The zero-order valence-electron chi connectivity index (χ0n) is 40.3. The van der Waals surface area contributed by atoms with Crippen molar-refractivity contribution in [1.29, 1.82) is 0 Å². The van der Waals surface area contributed by atoms with Crippen LogP contribution in [0.1, 0.15) is 81.1 Å². The lowest BCUT2D eigenvalue weighted by atomic mass is 9.85. The second kappa shape index (κ2) is 22.0. The van der Waals surface area contributed by atoms with Crippen molar-refractivity contribution in [3.63, 3.8) is 0 Å². The molecule has 3 aromatic carbocycles. The fourth-order valence-corrected chi connectivity index (χ4v) is 10.2. The van der Waals surface area contributed by atoms with Crippen molar-refractivity contribution in [3.8, 4) is 16.2 Å². The largest absolute Gasteiger partial charge is 0.491 e. The van der Waals surface area contributed by atoms with Crippen LogP contribution in [0.25, 0.3) is 21.3 Å². The van der Waals surface area contributed by atoms with Gasteiger partial charge in [-0.3, -0.25) is 19.3 Å². The Morgan fingerprint density at radius 3 is 2.30 bits per heavy atom. The minimum absolute atomic E-state index is 0.00736. The van der Waals surface area contributed by atoms with E-state index >= 15 is 13.2 Å². The van der Waals surface area contributed by atoms with E-state index in [0.717, 1.165) is 50.3 Å². The van der Waals surface area contributed by atoms with Crippen LogP contribution >= 0.6 is 11.3 Å². The number of para-hydroxylation sites is 1. The van der Waals surface area contributed by atoms with E-state index in [0.29, 0.717) is 25.0 Å². The Morgan fingerprint density at radius 1 is 0.971 bits per heavy atom. The summed E-state index contributed by atoms with van der Waals surface area (Å²) in [6, 6.07) is 15.0.